The van der Waals surface area contributed by atoms with Gasteiger partial charge in [0.1, 0.15) is 24.1 Å². The number of alkyl halides is 3. The highest BCUT2D eigenvalue weighted by molar-refractivity contribution is 7.80. The van der Waals surface area contributed by atoms with Gasteiger partial charge in [0.15, 0.2) is 5.69 Å². The van der Waals surface area contributed by atoms with Crippen LogP contribution in [0, 0.1) is 0 Å². The zero-order valence-electron chi connectivity index (χ0n) is 13.3. The molecular formula is C16H16F3N3O3S. The summed E-state index contributed by atoms with van der Waals surface area (Å²) in [4.78, 5) is 7.73. The van der Waals surface area contributed by atoms with Crippen molar-refractivity contribution in [2.24, 2.45) is 0 Å². The van der Waals surface area contributed by atoms with Crippen LogP contribution in [-0.2, 0) is 10.9 Å². The van der Waals surface area contributed by atoms with Crippen LogP contribution in [0.15, 0.2) is 41.6 Å². The van der Waals surface area contributed by atoms with Crippen LogP contribution in [0.3, 0.4) is 0 Å². The number of thiol groups is 1. The maximum atomic E-state index is 12.8. The molecule has 0 bridgehead atoms. The minimum Gasteiger partial charge on any atom is -0.388 e. The number of ether oxygens (including phenoxy) is 1. The van der Waals surface area contributed by atoms with Gasteiger partial charge in [-0.15, -0.1) is 12.6 Å². The summed E-state index contributed by atoms with van der Waals surface area (Å²) >= 11 is 4.20. The summed E-state index contributed by atoms with van der Waals surface area (Å²) in [7, 11) is 0. The van der Waals surface area contributed by atoms with Gasteiger partial charge in [0, 0.05) is 4.90 Å². The van der Waals surface area contributed by atoms with E-state index < -0.39 is 36.2 Å². The topological polar surface area (TPSA) is 87.5 Å². The van der Waals surface area contributed by atoms with E-state index in [1.807, 2.05) is 0 Å². The molecular weight excluding hydrogens is 371 g/mol. The highest BCUT2D eigenvalue weighted by Crippen LogP contribution is 2.32. The Morgan fingerprint density at radius 2 is 1.85 bits per heavy atom. The average molecular weight is 387 g/mol. The molecule has 26 heavy (non-hydrogen) atoms. The molecule has 3 rings (SSSR count). The predicted octanol–water partition coefficient (Wildman–Crippen LogP) is 2.06. The van der Waals surface area contributed by atoms with Gasteiger partial charge in [-0.2, -0.15) is 13.2 Å². The fraction of sp³-hybridized carbons (Fsp3) is 0.375. The summed E-state index contributed by atoms with van der Waals surface area (Å²) in [6, 6.07) is 5.97. The molecule has 0 aliphatic carbocycles. The molecule has 2 heterocycles. The largest absolute Gasteiger partial charge is 0.434 e. The van der Waals surface area contributed by atoms with Crippen LogP contribution in [0.5, 0.6) is 0 Å². The third-order valence-corrected chi connectivity index (χ3v) is 4.29. The molecule has 0 radical (unpaired) electrons. The number of aromatic nitrogens is 2. The van der Waals surface area contributed by atoms with E-state index >= 15 is 0 Å². The Hall–Kier alpha value is -1.88. The highest BCUT2D eigenvalue weighted by Gasteiger charge is 2.40. The number of nitrogens with zero attached hydrogens (tertiary/aromatic N) is 2. The maximum absolute atomic E-state index is 12.8. The minimum absolute atomic E-state index is 0.110. The summed E-state index contributed by atoms with van der Waals surface area (Å²) in [5.74, 6) is -0.183. The molecule has 0 spiro atoms. The van der Waals surface area contributed by atoms with Gasteiger partial charge in [-0.05, 0) is 17.7 Å². The first kappa shape index (κ1) is 18.9. The van der Waals surface area contributed by atoms with E-state index in [9.17, 15) is 23.4 Å². The molecule has 1 aliphatic rings. The van der Waals surface area contributed by atoms with Crippen molar-refractivity contribution in [2.75, 3.05) is 11.9 Å². The molecule has 1 aromatic heterocycles. The van der Waals surface area contributed by atoms with Crippen molar-refractivity contribution >= 4 is 18.4 Å². The molecule has 6 nitrogen and oxygen atoms in total. The summed E-state index contributed by atoms with van der Waals surface area (Å²) in [5, 5.41) is 22.9. The number of hydrogen-bond acceptors (Lipinski definition) is 7. The average Bonchev–Trinajstić information content (AvgIpc) is 2.60. The predicted molar refractivity (Wildman–Crippen MR) is 88.8 cm³/mol. The third-order valence-electron chi connectivity index (χ3n) is 4.00. The lowest BCUT2D eigenvalue weighted by atomic mass is 9.92. The van der Waals surface area contributed by atoms with Crippen molar-refractivity contribution in [2.45, 2.75) is 35.4 Å². The van der Waals surface area contributed by atoms with Crippen molar-refractivity contribution in [3.05, 3.63) is 47.9 Å². The number of aliphatic hydroxyl groups excluding tert-OH is 2. The summed E-state index contributed by atoms with van der Waals surface area (Å²) < 4.78 is 44.0. The smallest absolute Gasteiger partial charge is 0.388 e. The molecule has 3 N–H and O–H groups in total. The number of nitrogens with one attached hydrogen (secondary N) is 1. The van der Waals surface area contributed by atoms with Crippen LogP contribution < -0.4 is 5.32 Å². The molecule has 10 heteroatoms. The quantitative estimate of drug-likeness (QED) is 0.603. The lowest BCUT2D eigenvalue weighted by molar-refractivity contribution is -0.141. The lowest BCUT2D eigenvalue weighted by Crippen LogP contribution is -2.52. The number of benzene rings is 1. The number of hydrogen-bond donors (Lipinski definition) is 4. The SMILES string of the molecule is O[C@@H]1[C@@H](Nc2cncc(C(F)(F)F)n2)[C@@H](c2ccc(S)cc2)OC[C@@H]1O. The highest BCUT2D eigenvalue weighted by atomic mass is 32.1. The van der Waals surface area contributed by atoms with E-state index in [-0.39, 0.29) is 12.4 Å². The normalized spacial score (nSPS) is 26.5. The second-order valence-electron chi connectivity index (χ2n) is 5.86. The van der Waals surface area contributed by atoms with E-state index in [1.54, 1.807) is 24.3 Å². The van der Waals surface area contributed by atoms with Gasteiger partial charge < -0.3 is 20.3 Å². The second-order valence-corrected chi connectivity index (χ2v) is 6.38. The van der Waals surface area contributed by atoms with Gasteiger partial charge in [-0.1, -0.05) is 12.1 Å². The standard InChI is InChI=1S/C16H16F3N3O3S/c17-16(18,19)11-5-20-6-12(21-11)22-13-14(24)10(23)7-25-15(13)8-1-3-9(26)4-2-8/h1-6,10,13-15,23-24,26H,7H2,(H,21,22)/t10-,13+,14-,15+/m0/s1. The Morgan fingerprint density at radius 3 is 2.50 bits per heavy atom. The summed E-state index contributed by atoms with van der Waals surface area (Å²) in [6.45, 7) is -0.110. The van der Waals surface area contributed by atoms with Gasteiger partial charge in [-0.25, -0.2) is 4.98 Å². The molecule has 140 valence electrons. The molecule has 2 aromatic rings. The number of anilines is 1. The first-order valence-electron chi connectivity index (χ1n) is 7.68. The van der Waals surface area contributed by atoms with Crippen LogP contribution in [0.2, 0.25) is 0 Å². The van der Waals surface area contributed by atoms with Crippen LogP contribution in [0.25, 0.3) is 0 Å². The first-order valence-corrected chi connectivity index (χ1v) is 8.13. The van der Waals surface area contributed by atoms with Gasteiger partial charge in [0.05, 0.1) is 25.0 Å². The monoisotopic (exact) mass is 387 g/mol. The maximum Gasteiger partial charge on any atom is 0.434 e. The van der Waals surface area contributed by atoms with Crippen LogP contribution in [0.4, 0.5) is 19.0 Å². The second kappa shape index (κ2) is 7.39. The Balaban J connectivity index is 1.89. The number of halogens is 3. The molecule has 1 fully saturated rings. The Morgan fingerprint density at radius 1 is 1.15 bits per heavy atom. The van der Waals surface area contributed by atoms with Gasteiger partial charge in [-0.3, -0.25) is 4.98 Å². The fourth-order valence-corrected chi connectivity index (χ4v) is 2.84. The van der Waals surface area contributed by atoms with Crippen LogP contribution in [-0.4, -0.2) is 45.0 Å². The van der Waals surface area contributed by atoms with Crippen molar-refractivity contribution in [3.8, 4) is 0 Å². The molecule has 1 aromatic carbocycles. The van der Waals surface area contributed by atoms with Crippen LogP contribution >= 0.6 is 12.6 Å². The molecule has 0 unspecified atom stereocenters. The molecule has 0 saturated carbocycles. The van der Waals surface area contributed by atoms with E-state index in [1.165, 1.54) is 0 Å². The number of rotatable bonds is 3. The van der Waals surface area contributed by atoms with E-state index in [0.29, 0.717) is 11.8 Å². The van der Waals surface area contributed by atoms with Crippen molar-refractivity contribution < 1.29 is 28.1 Å². The van der Waals surface area contributed by atoms with E-state index in [2.05, 4.69) is 27.9 Å². The van der Waals surface area contributed by atoms with E-state index in [0.717, 1.165) is 11.1 Å². The Kier molecular flexibility index (Phi) is 5.37. The number of aliphatic hydroxyl groups is 2. The van der Waals surface area contributed by atoms with Gasteiger partial charge in [0.25, 0.3) is 0 Å². The summed E-state index contributed by atoms with van der Waals surface area (Å²) in [5.41, 5.74) is -0.489. The first-order chi connectivity index (χ1) is 12.3. The third kappa shape index (κ3) is 4.09. The zero-order chi connectivity index (χ0) is 18.9. The molecule has 1 saturated heterocycles. The lowest BCUT2D eigenvalue weighted by Gasteiger charge is -2.39. The van der Waals surface area contributed by atoms with Gasteiger partial charge >= 0.3 is 6.18 Å². The van der Waals surface area contributed by atoms with Crippen molar-refractivity contribution in [1.82, 2.24) is 9.97 Å². The Bertz CT molecular complexity index is 760. The molecule has 1 aliphatic heterocycles. The Labute approximate surface area is 152 Å². The van der Waals surface area contributed by atoms with Crippen LogP contribution in [0.1, 0.15) is 17.4 Å². The summed E-state index contributed by atoms with van der Waals surface area (Å²) in [6.07, 6.45) is -6.10. The van der Waals surface area contributed by atoms with Gasteiger partial charge in [0.2, 0.25) is 0 Å². The molecule has 4 atom stereocenters. The van der Waals surface area contributed by atoms with E-state index in [4.69, 9.17) is 4.74 Å². The van der Waals surface area contributed by atoms with Crippen molar-refractivity contribution in [1.29, 1.82) is 0 Å². The zero-order valence-corrected chi connectivity index (χ0v) is 14.2. The van der Waals surface area contributed by atoms with Crippen molar-refractivity contribution in [3.63, 3.8) is 0 Å². The minimum atomic E-state index is -4.65. The fourth-order valence-electron chi connectivity index (χ4n) is 2.69. The molecule has 0 amide bonds.